The van der Waals surface area contributed by atoms with E-state index in [1.165, 1.54) is 6.42 Å². The number of amides is 2. The van der Waals surface area contributed by atoms with Crippen molar-refractivity contribution in [3.8, 4) is 0 Å². The summed E-state index contributed by atoms with van der Waals surface area (Å²) < 4.78 is 5.76. The van der Waals surface area contributed by atoms with E-state index < -0.39 is 0 Å². The smallest absolute Gasteiger partial charge is 0.315 e. The highest BCUT2D eigenvalue weighted by Gasteiger charge is 2.59. The van der Waals surface area contributed by atoms with Crippen LogP contribution in [0.5, 0.6) is 0 Å². The number of nitrogens with one attached hydrogen (secondary N) is 2. The van der Waals surface area contributed by atoms with Crippen molar-refractivity contribution >= 4 is 6.03 Å². The second kappa shape index (κ2) is 6.09. The monoisotopic (exact) mass is 270 g/mol. The van der Waals surface area contributed by atoms with Crippen LogP contribution in [-0.4, -0.2) is 42.5 Å². The first kappa shape index (κ1) is 14.6. The van der Waals surface area contributed by atoms with Gasteiger partial charge in [-0.2, -0.15) is 0 Å². The van der Waals surface area contributed by atoms with E-state index in [9.17, 15) is 4.79 Å². The summed E-state index contributed by atoms with van der Waals surface area (Å²) in [4.78, 5) is 11.9. The Morgan fingerprint density at radius 3 is 2.68 bits per heavy atom. The molecule has 2 amide bonds. The van der Waals surface area contributed by atoms with Crippen LogP contribution in [0.15, 0.2) is 0 Å². The summed E-state index contributed by atoms with van der Waals surface area (Å²) in [6.07, 6.45) is 5.51. The number of rotatable bonds is 6. The van der Waals surface area contributed by atoms with Crippen molar-refractivity contribution in [2.75, 3.05) is 13.2 Å². The molecule has 3 N–H and O–H groups in total. The molecule has 19 heavy (non-hydrogen) atoms. The van der Waals surface area contributed by atoms with Crippen molar-refractivity contribution in [3.05, 3.63) is 0 Å². The highest BCUT2D eigenvalue weighted by molar-refractivity contribution is 5.75. The minimum atomic E-state index is -0.160. The van der Waals surface area contributed by atoms with E-state index in [2.05, 4.69) is 10.6 Å². The second-order valence-corrected chi connectivity index (χ2v) is 5.72. The average Bonchev–Trinajstić information content (AvgIpc) is 2.32. The van der Waals surface area contributed by atoms with Gasteiger partial charge in [-0.05, 0) is 32.6 Å². The van der Waals surface area contributed by atoms with Gasteiger partial charge in [-0.15, -0.1) is 0 Å². The predicted octanol–water partition coefficient (Wildman–Crippen LogP) is 1.40. The van der Waals surface area contributed by atoms with E-state index in [0.717, 1.165) is 32.3 Å². The molecule has 3 unspecified atom stereocenters. The van der Waals surface area contributed by atoms with Crippen LogP contribution < -0.4 is 10.6 Å². The highest BCUT2D eigenvalue weighted by atomic mass is 16.5. The van der Waals surface area contributed by atoms with Gasteiger partial charge in [-0.25, -0.2) is 4.79 Å². The first-order valence-corrected chi connectivity index (χ1v) is 7.45. The van der Waals surface area contributed by atoms with Gasteiger partial charge in [0.25, 0.3) is 0 Å². The molecule has 0 aromatic heterocycles. The fraction of sp³-hybridized carbons (Fsp3) is 0.929. The molecule has 2 aliphatic rings. The molecule has 2 aliphatic carbocycles. The normalized spacial score (nSPS) is 29.2. The lowest BCUT2D eigenvalue weighted by Crippen LogP contribution is -2.68. The molecule has 0 saturated heterocycles. The van der Waals surface area contributed by atoms with Gasteiger partial charge < -0.3 is 20.5 Å². The van der Waals surface area contributed by atoms with Crippen molar-refractivity contribution in [3.63, 3.8) is 0 Å². The van der Waals surface area contributed by atoms with Gasteiger partial charge in [-0.3, -0.25) is 0 Å². The Hall–Kier alpha value is -0.810. The third-order valence-corrected chi connectivity index (χ3v) is 4.79. The zero-order valence-electron chi connectivity index (χ0n) is 11.9. The van der Waals surface area contributed by atoms with E-state index in [1.807, 2.05) is 13.8 Å². The van der Waals surface area contributed by atoms with Gasteiger partial charge in [0, 0.05) is 18.1 Å². The molecular formula is C14H26N2O3. The van der Waals surface area contributed by atoms with Crippen molar-refractivity contribution in [2.45, 2.75) is 64.1 Å². The summed E-state index contributed by atoms with van der Waals surface area (Å²) in [6, 6.07) is -0.0822. The van der Waals surface area contributed by atoms with E-state index in [-0.39, 0.29) is 30.1 Å². The predicted molar refractivity (Wildman–Crippen MR) is 72.9 cm³/mol. The second-order valence-electron chi connectivity index (χ2n) is 5.72. The van der Waals surface area contributed by atoms with Crippen molar-refractivity contribution in [2.24, 2.45) is 5.41 Å². The van der Waals surface area contributed by atoms with Gasteiger partial charge in [0.15, 0.2) is 0 Å². The van der Waals surface area contributed by atoms with E-state index in [0.29, 0.717) is 6.10 Å². The summed E-state index contributed by atoms with van der Waals surface area (Å²) in [5, 5.41) is 15.0. The molecule has 0 radical (unpaired) electrons. The van der Waals surface area contributed by atoms with Crippen LogP contribution in [0.25, 0.3) is 0 Å². The Kier molecular flexibility index (Phi) is 4.68. The highest BCUT2D eigenvalue weighted by Crippen LogP contribution is 2.57. The SMILES string of the molecule is CCOC1CC(NC(=O)NC(CC)CO)C12CCC2. The summed E-state index contributed by atoms with van der Waals surface area (Å²) in [5.74, 6) is 0. The third kappa shape index (κ3) is 2.72. The first-order valence-electron chi connectivity index (χ1n) is 7.45. The number of carbonyl (C=O) groups excluding carboxylic acids is 1. The molecule has 0 aromatic carbocycles. The first-order chi connectivity index (χ1) is 9.16. The van der Waals surface area contributed by atoms with Crippen molar-refractivity contribution in [1.82, 2.24) is 10.6 Å². The molecule has 0 aliphatic heterocycles. The van der Waals surface area contributed by atoms with Crippen molar-refractivity contribution < 1.29 is 14.6 Å². The quantitative estimate of drug-likeness (QED) is 0.683. The Labute approximate surface area is 115 Å². The van der Waals surface area contributed by atoms with Gasteiger partial charge in [-0.1, -0.05) is 13.3 Å². The molecule has 2 saturated carbocycles. The third-order valence-electron chi connectivity index (χ3n) is 4.79. The fourth-order valence-electron chi connectivity index (χ4n) is 3.30. The molecule has 3 atom stereocenters. The largest absolute Gasteiger partial charge is 0.394 e. The van der Waals surface area contributed by atoms with Crippen LogP contribution in [-0.2, 0) is 4.74 Å². The number of aliphatic hydroxyl groups is 1. The number of hydrogen-bond donors (Lipinski definition) is 3. The van der Waals surface area contributed by atoms with Crippen LogP contribution in [0.3, 0.4) is 0 Å². The minimum Gasteiger partial charge on any atom is -0.394 e. The van der Waals surface area contributed by atoms with E-state index in [1.54, 1.807) is 0 Å². The summed E-state index contributed by atoms with van der Waals surface area (Å²) >= 11 is 0. The van der Waals surface area contributed by atoms with Crippen LogP contribution in [0.1, 0.15) is 46.0 Å². The van der Waals surface area contributed by atoms with Gasteiger partial charge in [0.2, 0.25) is 0 Å². The number of ether oxygens (including phenoxy) is 1. The summed E-state index contributed by atoms with van der Waals surface area (Å²) in [6.45, 7) is 4.70. The number of hydrogen-bond acceptors (Lipinski definition) is 3. The molecule has 2 fully saturated rings. The Morgan fingerprint density at radius 1 is 1.47 bits per heavy atom. The molecule has 5 heteroatoms. The van der Waals surface area contributed by atoms with Crippen LogP contribution in [0.4, 0.5) is 4.79 Å². The Morgan fingerprint density at radius 2 is 2.21 bits per heavy atom. The molecule has 110 valence electrons. The Bertz CT molecular complexity index is 314. The number of carbonyl (C=O) groups is 1. The molecule has 0 bridgehead atoms. The van der Waals surface area contributed by atoms with Crippen LogP contribution >= 0.6 is 0 Å². The lowest BCUT2D eigenvalue weighted by atomic mass is 9.51. The Balaban J connectivity index is 1.82. The number of urea groups is 1. The van der Waals surface area contributed by atoms with Gasteiger partial charge in [0.1, 0.15) is 0 Å². The van der Waals surface area contributed by atoms with Crippen LogP contribution in [0, 0.1) is 5.41 Å². The lowest BCUT2D eigenvalue weighted by Gasteiger charge is -2.60. The minimum absolute atomic E-state index is 0.0126. The maximum Gasteiger partial charge on any atom is 0.315 e. The number of aliphatic hydroxyl groups excluding tert-OH is 1. The zero-order valence-corrected chi connectivity index (χ0v) is 11.9. The molecule has 0 heterocycles. The summed E-state index contributed by atoms with van der Waals surface area (Å²) in [5.41, 5.74) is 0.189. The lowest BCUT2D eigenvalue weighted by molar-refractivity contribution is -0.169. The van der Waals surface area contributed by atoms with Crippen LogP contribution in [0.2, 0.25) is 0 Å². The topological polar surface area (TPSA) is 70.6 Å². The van der Waals surface area contributed by atoms with Crippen molar-refractivity contribution in [1.29, 1.82) is 0 Å². The molecule has 2 rings (SSSR count). The molecule has 1 spiro atoms. The average molecular weight is 270 g/mol. The van der Waals surface area contributed by atoms with Gasteiger partial charge >= 0.3 is 6.03 Å². The standard InChI is InChI=1S/C14H26N2O3/c1-3-10(9-17)15-13(18)16-11-8-12(19-4-2)14(11)6-5-7-14/h10-12,17H,3-9H2,1-2H3,(H2,15,16,18). The summed E-state index contributed by atoms with van der Waals surface area (Å²) in [7, 11) is 0. The molecular weight excluding hydrogens is 244 g/mol. The zero-order chi connectivity index (χ0) is 13.9. The van der Waals surface area contributed by atoms with E-state index >= 15 is 0 Å². The molecule has 5 nitrogen and oxygen atoms in total. The molecule has 0 aromatic rings. The van der Waals surface area contributed by atoms with Gasteiger partial charge in [0.05, 0.1) is 18.8 Å². The van der Waals surface area contributed by atoms with E-state index in [4.69, 9.17) is 9.84 Å². The maximum absolute atomic E-state index is 11.9. The fourth-order valence-corrected chi connectivity index (χ4v) is 3.30. The maximum atomic E-state index is 11.9.